The van der Waals surface area contributed by atoms with Gasteiger partial charge in [-0.25, -0.2) is 0 Å². The van der Waals surface area contributed by atoms with E-state index in [1.54, 1.807) is 5.57 Å². The maximum absolute atomic E-state index is 2.50. The summed E-state index contributed by atoms with van der Waals surface area (Å²) in [4.78, 5) is 0. The smallest absolute Gasteiger partial charge is 0.0874 e. The van der Waals surface area contributed by atoms with Gasteiger partial charge in [0.15, 0.2) is 0 Å². The normalized spacial score (nSPS) is 14.6. The lowest BCUT2D eigenvalue weighted by atomic mass is 9.96. The first-order chi connectivity index (χ1) is 10.6. The van der Waals surface area contributed by atoms with Crippen LogP contribution in [0.1, 0.15) is 92.4 Å². The minimum atomic E-state index is 0.805. The van der Waals surface area contributed by atoms with Gasteiger partial charge in [-0.3, -0.25) is 0 Å². The lowest BCUT2D eigenvalue weighted by Crippen LogP contribution is -1.94. The van der Waals surface area contributed by atoms with Crippen molar-refractivity contribution in [3.05, 3.63) is 41.9 Å². The summed E-state index contributed by atoms with van der Waals surface area (Å²) in [5, 5.41) is 0. The minimum Gasteiger partial charge on any atom is -0.0874 e. The molecule has 0 aromatic heterocycles. The van der Waals surface area contributed by atoms with Crippen molar-refractivity contribution in [2.45, 2.75) is 92.4 Å². The van der Waals surface area contributed by atoms with Gasteiger partial charge in [0.1, 0.15) is 6.42 Å². The third kappa shape index (κ3) is 12.8. The molecule has 126 valence electrons. The van der Waals surface area contributed by atoms with Gasteiger partial charge in [0.25, 0.3) is 0 Å². The quantitative estimate of drug-likeness (QED) is 0.141. The Bertz CT molecular complexity index is 330. The van der Waals surface area contributed by atoms with Crippen LogP contribution in [-0.2, 0) is 0 Å². The first kappa shape index (κ1) is 21.1. The fourth-order valence-corrected chi connectivity index (χ4v) is 2.71. The molecular formula is C22H39+. The monoisotopic (exact) mass is 303 g/mol. The summed E-state index contributed by atoms with van der Waals surface area (Å²) >= 11 is 0. The Morgan fingerprint density at radius 2 is 1.91 bits per heavy atom. The molecule has 0 N–H and O–H groups in total. The number of hydrogen-bond acceptors (Lipinski definition) is 0. The molecule has 0 nitrogen and oxygen atoms in total. The maximum Gasteiger partial charge on any atom is 0.109 e. The first-order valence-corrected chi connectivity index (χ1v) is 9.42. The molecule has 0 aromatic rings. The predicted octanol–water partition coefficient (Wildman–Crippen LogP) is 7.83. The van der Waals surface area contributed by atoms with E-state index in [-0.39, 0.29) is 0 Å². The Kier molecular flexibility index (Phi) is 14.4. The van der Waals surface area contributed by atoms with E-state index in [1.165, 1.54) is 63.4 Å². The Balaban J connectivity index is 3.78. The van der Waals surface area contributed by atoms with Crippen molar-refractivity contribution in [2.75, 3.05) is 0 Å². The van der Waals surface area contributed by atoms with E-state index < -0.39 is 0 Å². The molecule has 0 bridgehead atoms. The summed E-state index contributed by atoms with van der Waals surface area (Å²) in [7, 11) is 0. The van der Waals surface area contributed by atoms with Crippen LogP contribution in [0.5, 0.6) is 0 Å². The fraction of sp³-hybridized carbons (Fsp3) is 0.682. The molecule has 0 rings (SSSR count). The van der Waals surface area contributed by atoms with Crippen LogP contribution in [-0.4, -0.2) is 0 Å². The highest BCUT2D eigenvalue weighted by Crippen LogP contribution is 2.19. The third-order valence-electron chi connectivity index (χ3n) is 4.13. The molecule has 1 unspecified atom stereocenters. The van der Waals surface area contributed by atoms with Gasteiger partial charge in [-0.05, 0) is 63.9 Å². The fourth-order valence-electron chi connectivity index (χ4n) is 2.71. The van der Waals surface area contributed by atoms with Gasteiger partial charge >= 0.3 is 0 Å². The Morgan fingerprint density at radius 3 is 2.55 bits per heavy atom. The van der Waals surface area contributed by atoms with Crippen molar-refractivity contribution in [3.8, 4) is 0 Å². The molecule has 0 aromatic carbocycles. The molecule has 0 heterocycles. The average molecular weight is 304 g/mol. The number of rotatable bonds is 13. The summed E-state index contributed by atoms with van der Waals surface area (Å²) in [6, 6.07) is 0. The Morgan fingerprint density at radius 1 is 1.14 bits per heavy atom. The molecule has 22 heavy (non-hydrogen) atoms. The SMILES string of the molecule is C/C=C\C(C)=C/CC(C)CCC[CH+]C/C(=C\CC)CCCC. The van der Waals surface area contributed by atoms with E-state index in [2.05, 4.69) is 65.3 Å². The van der Waals surface area contributed by atoms with Gasteiger partial charge < -0.3 is 0 Å². The molecule has 1 atom stereocenters. The largest absolute Gasteiger partial charge is 0.109 e. The van der Waals surface area contributed by atoms with Crippen LogP contribution in [0.25, 0.3) is 0 Å². The van der Waals surface area contributed by atoms with Crippen molar-refractivity contribution in [2.24, 2.45) is 5.92 Å². The molecular weight excluding hydrogens is 264 g/mol. The van der Waals surface area contributed by atoms with E-state index in [0.717, 1.165) is 5.92 Å². The summed E-state index contributed by atoms with van der Waals surface area (Å²) in [6.45, 7) is 11.2. The van der Waals surface area contributed by atoms with E-state index in [1.807, 2.05) is 0 Å². The van der Waals surface area contributed by atoms with Crippen LogP contribution in [0.3, 0.4) is 0 Å². The summed E-state index contributed by atoms with van der Waals surface area (Å²) in [6.07, 6.45) is 23.1. The lowest BCUT2D eigenvalue weighted by Gasteiger charge is -2.07. The van der Waals surface area contributed by atoms with Crippen molar-refractivity contribution < 1.29 is 0 Å². The summed E-state index contributed by atoms with van der Waals surface area (Å²) in [5.74, 6) is 0.805. The molecule has 0 spiro atoms. The van der Waals surface area contributed by atoms with Gasteiger partial charge in [0, 0.05) is 0 Å². The van der Waals surface area contributed by atoms with Crippen molar-refractivity contribution in [1.82, 2.24) is 0 Å². The molecule has 0 amide bonds. The zero-order valence-electron chi connectivity index (χ0n) is 15.8. The van der Waals surface area contributed by atoms with Crippen molar-refractivity contribution in [1.29, 1.82) is 0 Å². The molecule has 0 saturated heterocycles. The van der Waals surface area contributed by atoms with Crippen LogP contribution in [0.2, 0.25) is 0 Å². The predicted molar refractivity (Wildman–Crippen MR) is 103 cm³/mol. The molecule has 0 aliphatic rings. The van der Waals surface area contributed by atoms with Gasteiger partial charge in [-0.2, -0.15) is 0 Å². The molecule has 0 aliphatic carbocycles. The molecule has 0 saturated carbocycles. The minimum absolute atomic E-state index is 0.805. The third-order valence-corrected chi connectivity index (χ3v) is 4.13. The van der Waals surface area contributed by atoms with Crippen LogP contribution in [0, 0.1) is 12.3 Å². The second kappa shape index (κ2) is 15.0. The number of unbranched alkanes of at least 4 members (excludes halogenated alkanes) is 3. The molecule has 0 aliphatic heterocycles. The standard InChI is InChI=1S/C22H39/c1-6-9-16-22(14-8-3)17-12-10-11-15-21(5)19-18-20(4)13-7-2/h7,12-14,18,21H,6,8-11,15-17,19H2,1-5H3/q+1/b13-7-,20-18-,22-14-. The zero-order valence-corrected chi connectivity index (χ0v) is 15.8. The Labute approximate surface area is 140 Å². The first-order valence-electron chi connectivity index (χ1n) is 9.42. The van der Waals surface area contributed by atoms with Gasteiger partial charge in [0.2, 0.25) is 0 Å². The van der Waals surface area contributed by atoms with Gasteiger partial charge in [-0.1, -0.05) is 57.1 Å². The van der Waals surface area contributed by atoms with E-state index in [0.29, 0.717) is 0 Å². The second-order valence-electron chi connectivity index (χ2n) is 6.59. The van der Waals surface area contributed by atoms with Gasteiger partial charge in [-0.15, -0.1) is 0 Å². The lowest BCUT2D eigenvalue weighted by molar-refractivity contribution is 0.512. The van der Waals surface area contributed by atoms with E-state index in [9.17, 15) is 0 Å². The Hall–Kier alpha value is -0.910. The zero-order chi connectivity index (χ0) is 16.6. The highest BCUT2D eigenvalue weighted by Gasteiger charge is 2.06. The van der Waals surface area contributed by atoms with Crippen molar-refractivity contribution >= 4 is 0 Å². The maximum atomic E-state index is 2.50. The second-order valence-corrected chi connectivity index (χ2v) is 6.59. The van der Waals surface area contributed by atoms with Gasteiger partial charge in [0.05, 0.1) is 12.8 Å². The van der Waals surface area contributed by atoms with E-state index in [4.69, 9.17) is 0 Å². The number of hydrogen-bond donors (Lipinski definition) is 0. The van der Waals surface area contributed by atoms with Crippen LogP contribution in [0.4, 0.5) is 0 Å². The molecule has 0 fully saturated rings. The van der Waals surface area contributed by atoms with Crippen LogP contribution >= 0.6 is 0 Å². The topological polar surface area (TPSA) is 0 Å². The summed E-state index contributed by atoms with van der Waals surface area (Å²) < 4.78 is 0. The van der Waals surface area contributed by atoms with Crippen LogP contribution in [0.15, 0.2) is 35.5 Å². The van der Waals surface area contributed by atoms with E-state index >= 15 is 0 Å². The molecule has 0 radical (unpaired) electrons. The number of allylic oxidation sites excluding steroid dienone is 6. The molecule has 0 heteroatoms. The average Bonchev–Trinajstić information content (AvgIpc) is 2.50. The summed E-state index contributed by atoms with van der Waals surface area (Å²) in [5.41, 5.74) is 3.05. The highest BCUT2D eigenvalue weighted by atomic mass is 14.1. The van der Waals surface area contributed by atoms with Crippen LogP contribution < -0.4 is 0 Å². The highest BCUT2D eigenvalue weighted by molar-refractivity contribution is 5.15. The van der Waals surface area contributed by atoms with Crippen molar-refractivity contribution in [3.63, 3.8) is 0 Å².